The van der Waals surface area contributed by atoms with E-state index in [4.69, 9.17) is 10.5 Å². The predicted octanol–water partition coefficient (Wildman–Crippen LogP) is 3.68. The number of fused-ring (bicyclic) bond motifs is 1. The summed E-state index contributed by atoms with van der Waals surface area (Å²) in [6.07, 6.45) is 2.15. The van der Waals surface area contributed by atoms with Gasteiger partial charge in [0.1, 0.15) is 5.75 Å². The van der Waals surface area contributed by atoms with E-state index in [-0.39, 0.29) is 0 Å². The number of ether oxygens (including phenoxy) is 1. The Morgan fingerprint density at radius 2 is 1.90 bits per heavy atom. The summed E-state index contributed by atoms with van der Waals surface area (Å²) >= 11 is 0. The highest BCUT2D eigenvalue weighted by molar-refractivity contribution is 5.39. The molecule has 2 N–H and O–H groups in total. The first-order chi connectivity index (χ1) is 10.3. The van der Waals surface area contributed by atoms with Crippen LogP contribution in [0, 0.1) is 12.8 Å². The minimum Gasteiger partial charge on any atom is -0.493 e. The molecule has 3 rings (SSSR count). The van der Waals surface area contributed by atoms with Crippen LogP contribution in [-0.4, -0.2) is 13.2 Å². The van der Waals surface area contributed by atoms with Gasteiger partial charge in [-0.2, -0.15) is 0 Å². The molecule has 0 saturated carbocycles. The fourth-order valence-electron chi connectivity index (χ4n) is 3.15. The zero-order valence-electron chi connectivity index (χ0n) is 12.6. The van der Waals surface area contributed by atoms with Crippen LogP contribution >= 0.6 is 0 Å². The van der Waals surface area contributed by atoms with Crippen molar-refractivity contribution in [2.75, 3.05) is 13.2 Å². The van der Waals surface area contributed by atoms with Crippen LogP contribution in [0.3, 0.4) is 0 Å². The largest absolute Gasteiger partial charge is 0.493 e. The first kappa shape index (κ1) is 14.2. The van der Waals surface area contributed by atoms with Gasteiger partial charge in [0.15, 0.2) is 0 Å². The predicted molar refractivity (Wildman–Crippen MR) is 86.7 cm³/mol. The van der Waals surface area contributed by atoms with Crippen LogP contribution in [0.15, 0.2) is 48.5 Å². The average Bonchev–Trinajstić information content (AvgIpc) is 2.92. The highest BCUT2D eigenvalue weighted by Crippen LogP contribution is 2.37. The topological polar surface area (TPSA) is 35.2 Å². The molecule has 0 saturated heterocycles. The second-order valence-electron chi connectivity index (χ2n) is 6.07. The number of rotatable bonds is 5. The number of hydrogen-bond donors (Lipinski definition) is 1. The van der Waals surface area contributed by atoms with Gasteiger partial charge in [0.25, 0.3) is 0 Å². The average molecular weight is 281 g/mol. The minimum absolute atomic E-state index is 0.486. The van der Waals surface area contributed by atoms with Crippen LogP contribution in [0.25, 0.3) is 0 Å². The molecule has 0 radical (unpaired) electrons. The van der Waals surface area contributed by atoms with E-state index in [0.717, 1.165) is 31.7 Å². The first-order valence-corrected chi connectivity index (χ1v) is 7.73. The molecule has 0 aromatic heterocycles. The Balaban J connectivity index is 1.67. The molecule has 2 heteroatoms. The summed E-state index contributed by atoms with van der Waals surface area (Å²) in [5, 5.41) is 0. The van der Waals surface area contributed by atoms with Crippen LogP contribution in [-0.2, 0) is 6.42 Å². The lowest BCUT2D eigenvalue weighted by Gasteiger charge is -2.18. The smallest absolute Gasteiger partial charge is 0.122 e. The van der Waals surface area contributed by atoms with Gasteiger partial charge >= 0.3 is 0 Å². The van der Waals surface area contributed by atoms with Gasteiger partial charge in [-0.25, -0.2) is 0 Å². The fraction of sp³-hybridized carbons (Fsp3) is 0.368. The zero-order valence-corrected chi connectivity index (χ0v) is 12.6. The second kappa shape index (κ2) is 6.31. The van der Waals surface area contributed by atoms with Gasteiger partial charge in [-0.1, -0.05) is 48.0 Å². The Hall–Kier alpha value is -1.80. The monoisotopic (exact) mass is 281 g/mol. The maximum absolute atomic E-state index is 6.01. The van der Waals surface area contributed by atoms with Gasteiger partial charge in [0.2, 0.25) is 0 Å². The van der Waals surface area contributed by atoms with Crippen molar-refractivity contribution in [2.24, 2.45) is 11.7 Å². The van der Waals surface area contributed by atoms with Crippen molar-refractivity contribution in [1.29, 1.82) is 0 Å². The summed E-state index contributed by atoms with van der Waals surface area (Å²) < 4.78 is 5.78. The molecule has 21 heavy (non-hydrogen) atoms. The maximum atomic E-state index is 6.01. The third kappa shape index (κ3) is 3.27. The lowest BCUT2D eigenvalue weighted by molar-refractivity contribution is 0.306. The number of para-hydroxylation sites is 1. The van der Waals surface area contributed by atoms with Crippen LogP contribution in [0.1, 0.15) is 29.0 Å². The van der Waals surface area contributed by atoms with Crippen molar-refractivity contribution in [3.8, 4) is 5.75 Å². The highest BCUT2D eigenvalue weighted by atomic mass is 16.5. The Bertz CT molecular complexity index is 591. The molecular weight excluding hydrogens is 258 g/mol. The summed E-state index contributed by atoms with van der Waals surface area (Å²) in [5.74, 6) is 2.04. The van der Waals surface area contributed by atoms with Crippen molar-refractivity contribution in [1.82, 2.24) is 0 Å². The quantitative estimate of drug-likeness (QED) is 0.907. The third-order valence-electron chi connectivity index (χ3n) is 4.40. The van der Waals surface area contributed by atoms with Gasteiger partial charge in [-0.3, -0.25) is 0 Å². The summed E-state index contributed by atoms with van der Waals surface area (Å²) in [5.41, 5.74) is 10.0. The Kier molecular flexibility index (Phi) is 4.26. The molecule has 1 aliphatic rings. The van der Waals surface area contributed by atoms with E-state index in [1.165, 1.54) is 16.7 Å². The molecule has 2 aromatic rings. The molecular formula is C19H23NO. The Morgan fingerprint density at radius 1 is 1.14 bits per heavy atom. The normalized spacial score (nSPS) is 18.1. The van der Waals surface area contributed by atoms with Crippen LogP contribution in [0.5, 0.6) is 5.75 Å². The van der Waals surface area contributed by atoms with E-state index in [1.54, 1.807) is 0 Å². The molecule has 0 spiro atoms. The summed E-state index contributed by atoms with van der Waals surface area (Å²) in [4.78, 5) is 0. The number of hydrogen-bond acceptors (Lipinski definition) is 2. The van der Waals surface area contributed by atoms with Crippen LogP contribution in [0.2, 0.25) is 0 Å². The summed E-state index contributed by atoms with van der Waals surface area (Å²) in [7, 11) is 0. The summed E-state index contributed by atoms with van der Waals surface area (Å²) in [6.45, 7) is 3.65. The van der Waals surface area contributed by atoms with Crippen molar-refractivity contribution in [2.45, 2.75) is 25.7 Å². The molecule has 1 heterocycles. The van der Waals surface area contributed by atoms with E-state index in [9.17, 15) is 0 Å². The summed E-state index contributed by atoms with van der Waals surface area (Å²) in [6, 6.07) is 17.2. The van der Waals surface area contributed by atoms with Gasteiger partial charge < -0.3 is 10.5 Å². The highest BCUT2D eigenvalue weighted by Gasteiger charge is 2.26. The van der Waals surface area contributed by atoms with Gasteiger partial charge in [-0.05, 0) is 43.9 Å². The SMILES string of the molecule is Cc1ccc(CC(CN)CC2COc3ccccc32)cc1. The van der Waals surface area contributed by atoms with E-state index < -0.39 is 0 Å². The molecule has 0 amide bonds. The molecule has 0 bridgehead atoms. The molecule has 2 nitrogen and oxygen atoms in total. The molecule has 2 atom stereocenters. The van der Waals surface area contributed by atoms with Gasteiger partial charge in [0, 0.05) is 11.5 Å². The fourth-order valence-corrected chi connectivity index (χ4v) is 3.15. The zero-order chi connectivity index (χ0) is 14.7. The van der Waals surface area contributed by atoms with E-state index in [2.05, 4.69) is 49.4 Å². The number of nitrogens with two attached hydrogens (primary N) is 1. The Labute approximate surface area is 126 Å². The van der Waals surface area contributed by atoms with Crippen molar-refractivity contribution in [3.05, 3.63) is 65.2 Å². The third-order valence-corrected chi connectivity index (χ3v) is 4.40. The first-order valence-electron chi connectivity index (χ1n) is 7.73. The Morgan fingerprint density at radius 3 is 2.67 bits per heavy atom. The van der Waals surface area contributed by atoms with E-state index >= 15 is 0 Å². The standard InChI is InChI=1S/C19H23NO/c1-14-6-8-15(9-7-14)10-16(12-20)11-17-13-21-19-5-3-2-4-18(17)19/h2-9,16-17H,10-13,20H2,1H3. The van der Waals surface area contributed by atoms with Gasteiger partial charge in [-0.15, -0.1) is 0 Å². The molecule has 110 valence electrons. The van der Waals surface area contributed by atoms with E-state index in [1.807, 2.05) is 6.07 Å². The molecule has 2 unspecified atom stereocenters. The molecule has 0 aliphatic carbocycles. The maximum Gasteiger partial charge on any atom is 0.122 e. The number of aryl methyl sites for hydroxylation is 1. The number of benzene rings is 2. The lowest BCUT2D eigenvalue weighted by Crippen LogP contribution is -2.20. The molecule has 1 aliphatic heterocycles. The van der Waals surface area contributed by atoms with Crippen LogP contribution < -0.4 is 10.5 Å². The second-order valence-corrected chi connectivity index (χ2v) is 6.07. The van der Waals surface area contributed by atoms with Crippen molar-refractivity contribution < 1.29 is 4.74 Å². The van der Waals surface area contributed by atoms with Crippen molar-refractivity contribution in [3.63, 3.8) is 0 Å². The minimum atomic E-state index is 0.486. The van der Waals surface area contributed by atoms with Crippen molar-refractivity contribution >= 4 is 0 Å². The van der Waals surface area contributed by atoms with Gasteiger partial charge in [0.05, 0.1) is 6.61 Å². The lowest BCUT2D eigenvalue weighted by atomic mass is 9.86. The molecule has 2 aromatic carbocycles. The van der Waals surface area contributed by atoms with Crippen LogP contribution in [0.4, 0.5) is 0 Å². The van der Waals surface area contributed by atoms with E-state index in [0.29, 0.717) is 11.8 Å². The molecule has 0 fully saturated rings.